The van der Waals surface area contributed by atoms with Crippen LogP contribution in [0.5, 0.6) is 0 Å². The third-order valence-electron chi connectivity index (χ3n) is 3.02. The minimum atomic E-state index is -4.58. The first-order valence-corrected chi connectivity index (χ1v) is 8.05. The van der Waals surface area contributed by atoms with Crippen LogP contribution in [-0.4, -0.2) is 38.5 Å². The number of sulfonamides is 1. The Kier molecular flexibility index (Phi) is 6.14. The molecule has 1 atom stereocenters. The highest BCUT2D eigenvalue weighted by molar-refractivity contribution is 7.88. The van der Waals surface area contributed by atoms with Crippen LogP contribution in [0.3, 0.4) is 0 Å². The second kappa shape index (κ2) is 7.28. The number of ether oxygens (including phenoxy) is 1. The number of halogens is 3. The Labute approximate surface area is 132 Å². The summed E-state index contributed by atoms with van der Waals surface area (Å²) in [6.45, 7) is 0.753. The average molecular weight is 354 g/mol. The summed E-state index contributed by atoms with van der Waals surface area (Å²) < 4.78 is 68.3. The molecule has 0 saturated heterocycles. The minimum Gasteiger partial charge on any atom is -0.369 e. The zero-order chi connectivity index (χ0) is 17.8. The van der Waals surface area contributed by atoms with Gasteiger partial charge in [0, 0.05) is 7.11 Å². The fourth-order valence-corrected chi connectivity index (χ4v) is 3.48. The van der Waals surface area contributed by atoms with Gasteiger partial charge in [0.05, 0.1) is 17.9 Å². The third-order valence-corrected chi connectivity index (χ3v) is 4.86. The molecule has 6 nitrogen and oxygen atoms in total. The molecule has 10 heteroatoms. The van der Waals surface area contributed by atoms with Crippen LogP contribution in [0.15, 0.2) is 24.3 Å². The maximum atomic E-state index is 12.7. The summed E-state index contributed by atoms with van der Waals surface area (Å²) in [4.78, 5) is 11.0. The summed E-state index contributed by atoms with van der Waals surface area (Å²) in [6, 6.07) is 3.96. The van der Waals surface area contributed by atoms with Crippen LogP contribution in [0.2, 0.25) is 0 Å². The molecule has 0 fully saturated rings. The lowest BCUT2D eigenvalue weighted by Gasteiger charge is -2.26. The van der Waals surface area contributed by atoms with Gasteiger partial charge in [-0.1, -0.05) is 18.2 Å². The van der Waals surface area contributed by atoms with Gasteiger partial charge in [-0.05, 0) is 18.6 Å². The molecule has 1 unspecified atom stereocenters. The topological polar surface area (TPSA) is 89.7 Å². The zero-order valence-electron chi connectivity index (χ0n) is 12.5. The number of carbonyl (C=O) groups excluding carboxylic acids is 1. The molecule has 1 rings (SSSR count). The van der Waals surface area contributed by atoms with Crippen molar-refractivity contribution < 1.29 is 31.1 Å². The molecule has 23 heavy (non-hydrogen) atoms. The van der Waals surface area contributed by atoms with Crippen molar-refractivity contribution in [1.82, 2.24) is 4.31 Å². The van der Waals surface area contributed by atoms with E-state index in [1.807, 2.05) is 0 Å². The number of hydrogen-bond acceptors (Lipinski definition) is 4. The van der Waals surface area contributed by atoms with E-state index in [2.05, 4.69) is 0 Å². The average Bonchev–Trinajstić information content (AvgIpc) is 2.42. The number of nitrogens with zero attached hydrogens (tertiary/aromatic N) is 1. The zero-order valence-corrected chi connectivity index (χ0v) is 13.3. The van der Waals surface area contributed by atoms with Crippen LogP contribution in [0.25, 0.3) is 0 Å². The summed E-state index contributed by atoms with van der Waals surface area (Å²) in [5, 5.41) is 0. The molecule has 2 N–H and O–H groups in total. The molecule has 1 aromatic carbocycles. The largest absolute Gasteiger partial charge is 0.416 e. The van der Waals surface area contributed by atoms with Gasteiger partial charge in [0.25, 0.3) is 0 Å². The Morgan fingerprint density at radius 2 is 2.00 bits per heavy atom. The Hall–Kier alpha value is -1.65. The van der Waals surface area contributed by atoms with Gasteiger partial charge < -0.3 is 10.5 Å². The molecule has 1 aromatic rings. The molecule has 0 aromatic heterocycles. The Bertz CT molecular complexity index is 661. The standard InChI is InChI=1S/C13H17F3N2O4S/c1-9(22-2)18(7-12(17)19)23(20,21)8-10-4-3-5-11(6-10)13(14,15)16/h3-6,9H,7-8H2,1-2H3,(H2,17,19). The van der Waals surface area contributed by atoms with Crippen molar-refractivity contribution in [2.75, 3.05) is 13.7 Å². The summed E-state index contributed by atoms with van der Waals surface area (Å²) >= 11 is 0. The van der Waals surface area contributed by atoms with Gasteiger partial charge in [0.1, 0.15) is 6.23 Å². The van der Waals surface area contributed by atoms with E-state index < -0.39 is 46.2 Å². The first-order chi connectivity index (χ1) is 10.5. The van der Waals surface area contributed by atoms with Crippen LogP contribution in [0.4, 0.5) is 13.2 Å². The van der Waals surface area contributed by atoms with Gasteiger partial charge in [-0.2, -0.15) is 17.5 Å². The number of methoxy groups -OCH3 is 1. The molecule has 0 aliphatic carbocycles. The second-order valence-corrected chi connectivity index (χ2v) is 6.72. The van der Waals surface area contributed by atoms with Gasteiger partial charge in [-0.25, -0.2) is 8.42 Å². The Morgan fingerprint density at radius 1 is 1.39 bits per heavy atom. The number of nitrogens with two attached hydrogens (primary N) is 1. The van der Waals surface area contributed by atoms with Crippen LogP contribution in [-0.2, 0) is 31.5 Å². The number of benzene rings is 1. The Morgan fingerprint density at radius 3 is 2.48 bits per heavy atom. The molecular formula is C13H17F3N2O4S. The van der Waals surface area contributed by atoms with Crippen LogP contribution in [0, 0.1) is 0 Å². The second-order valence-electron chi connectivity index (χ2n) is 4.80. The van der Waals surface area contributed by atoms with Gasteiger partial charge in [-0.15, -0.1) is 0 Å². The predicted octanol–water partition coefficient (Wildman–Crippen LogP) is 1.31. The summed E-state index contributed by atoms with van der Waals surface area (Å²) in [5.41, 5.74) is 4.00. The van der Waals surface area contributed by atoms with Gasteiger partial charge in [-0.3, -0.25) is 4.79 Å². The molecular weight excluding hydrogens is 337 g/mol. The SMILES string of the molecule is COC(C)N(CC(N)=O)S(=O)(=O)Cc1cccc(C(F)(F)F)c1. The predicted molar refractivity (Wildman–Crippen MR) is 76.4 cm³/mol. The lowest BCUT2D eigenvalue weighted by atomic mass is 10.1. The van der Waals surface area contributed by atoms with Crippen LogP contribution >= 0.6 is 0 Å². The first kappa shape index (κ1) is 19.4. The van der Waals surface area contributed by atoms with E-state index in [0.29, 0.717) is 4.31 Å². The van der Waals surface area contributed by atoms with E-state index >= 15 is 0 Å². The highest BCUT2D eigenvalue weighted by atomic mass is 32.2. The molecule has 0 aliphatic rings. The molecule has 130 valence electrons. The number of rotatable bonds is 7. The highest BCUT2D eigenvalue weighted by Crippen LogP contribution is 2.30. The van der Waals surface area contributed by atoms with E-state index in [1.54, 1.807) is 0 Å². The molecule has 0 bridgehead atoms. The van der Waals surface area contributed by atoms with Crippen molar-refractivity contribution in [1.29, 1.82) is 0 Å². The Balaban J connectivity index is 3.11. The summed E-state index contributed by atoms with van der Waals surface area (Å²) in [6.07, 6.45) is -5.56. The molecule has 0 aliphatic heterocycles. The van der Waals surface area contributed by atoms with Crippen molar-refractivity contribution >= 4 is 15.9 Å². The maximum absolute atomic E-state index is 12.7. The van der Waals surface area contributed by atoms with Crippen molar-refractivity contribution in [3.8, 4) is 0 Å². The van der Waals surface area contributed by atoms with Crippen LogP contribution in [0.1, 0.15) is 18.1 Å². The van der Waals surface area contributed by atoms with E-state index in [9.17, 15) is 26.4 Å². The third kappa shape index (κ3) is 5.48. The smallest absolute Gasteiger partial charge is 0.369 e. The quantitative estimate of drug-likeness (QED) is 0.748. The lowest BCUT2D eigenvalue weighted by Crippen LogP contribution is -2.45. The van der Waals surface area contributed by atoms with Crippen LogP contribution < -0.4 is 5.73 Å². The van der Waals surface area contributed by atoms with E-state index in [4.69, 9.17) is 10.5 Å². The molecule has 0 saturated carbocycles. The number of primary amides is 1. The summed E-state index contributed by atoms with van der Waals surface area (Å²) in [5.74, 6) is -1.61. The van der Waals surface area contributed by atoms with Crippen molar-refractivity contribution in [2.24, 2.45) is 5.73 Å². The monoisotopic (exact) mass is 354 g/mol. The van der Waals surface area contributed by atoms with Gasteiger partial charge >= 0.3 is 6.18 Å². The van der Waals surface area contributed by atoms with Crippen molar-refractivity contribution in [2.45, 2.75) is 25.1 Å². The minimum absolute atomic E-state index is 0.0578. The van der Waals surface area contributed by atoms with E-state index in [1.165, 1.54) is 20.1 Å². The molecule has 0 heterocycles. The number of carbonyl (C=O) groups is 1. The fourth-order valence-electron chi connectivity index (χ4n) is 1.86. The van der Waals surface area contributed by atoms with Gasteiger partial charge in [0.15, 0.2) is 0 Å². The van der Waals surface area contributed by atoms with Crippen molar-refractivity contribution in [3.63, 3.8) is 0 Å². The van der Waals surface area contributed by atoms with E-state index in [-0.39, 0.29) is 5.56 Å². The molecule has 0 spiro atoms. The highest BCUT2D eigenvalue weighted by Gasteiger charge is 2.32. The molecule has 0 radical (unpaired) electrons. The first-order valence-electron chi connectivity index (χ1n) is 6.44. The van der Waals surface area contributed by atoms with E-state index in [0.717, 1.165) is 18.2 Å². The van der Waals surface area contributed by atoms with Crippen molar-refractivity contribution in [3.05, 3.63) is 35.4 Å². The maximum Gasteiger partial charge on any atom is 0.416 e. The number of alkyl halides is 3. The number of amides is 1. The number of hydrogen-bond donors (Lipinski definition) is 1. The molecule has 1 amide bonds. The fraction of sp³-hybridized carbons (Fsp3) is 0.462. The van der Waals surface area contributed by atoms with Gasteiger partial charge in [0.2, 0.25) is 15.9 Å². The summed E-state index contributed by atoms with van der Waals surface area (Å²) in [7, 11) is -2.87. The lowest BCUT2D eigenvalue weighted by molar-refractivity contribution is -0.137. The normalized spacial score (nSPS) is 14.0.